The van der Waals surface area contributed by atoms with E-state index in [4.69, 9.17) is 5.73 Å². The third kappa shape index (κ3) is 2.30. The van der Waals surface area contributed by atoms with Crippen LogP contribution in [0.2, 0.25) is 0 Å². The van der Waals surface area contributed by atoms with Crippen LogP contribution in [0.1, 0.15) is 16.9 Å². The van der Waals surface area contributed by atoms with Gasteiger partial charge >= 0.3 is 0 Å². The molecule has 2 atom stereocenters. The summed E-state index contributed by atoms with van der Waals surface area (Å²) in [6.07, 6.45) is 1.04. The highest BCUT2D eigenvalue weighted by Crippen LogP contribution is 2.36. The van der Waals surface area contributed by atoms with Crippen molar-refractivity contribution in [2.75, 3.05) is 13.1 Å². The Bertz CT molecular complexity index is 710. The number of carbonyl (C=O) groups excluding carboxylic acids is 1. The lowest BCUT2D eigenvalue weighted by atomic mass is 10.2. The number of nitrogens with two attached hydrogens (primary N) is 1. The van der Waals surface area contributed by atoms with Crippen molar-refractivity contribution in [2.45, 2.75) is 6.42 Å². The molecular weight excluding hydrogens is 256 g/mol. The van der Waals surface area contributed by atoms with Crippen LogP contribution >= 0.6 is 0 Å². The first-order chi connectivity index (χ1) is 9.70. The summed E-state index contributed by atoms with van der Waals surface area (Å²) in [5, 5.41) is 9.83. The highest BCUT2D eigenvalue weighted by Gasteiger charge is 2.35. The number of aromatic nitrogens is 2. The normalized spacial score (nSPS) is 20.9. The number of aromatic amines is 1. The quantitative estimate of drug-likeness (QED) is 0.742. The first-order valence-corrected chi connectivity index (χ1v) is 6.66. The average molecular weight is 272 g/mol. The van der Waals surface area contributed by atoms with Crippen LogP contribution in [0.3, 0.4) is 0 Å². The van der Waals surface area contributed by atoms with E-state index in [0.717, 1.165) is 6.42 Å². The molecule has 1 aromatic heterocycles. The van der Waals surface area contributed by atoms with Gasteiger partial charge in [0.1, 0.15) is 0 Å². The zero-order valence-electron chi connectivity index (χ0n) is 10.9. The summed E-state index contributed by atoms with van der Waals surface area (Å²) in [5.74, 6) is 0.501. The highest BCUT2D eigenvalue weighted by atomic mass is 16.2. The van der Waals surface area contributed by atoms with Crippen LogP contribution in [0.15, 0.2) is 29.1 Å². The van der Waals surface area contributed by atoms with Crippen molar-refractivity contribution in [3.8, 4) is 0 Å². The zero-order chi connectivity index (χ0) is 14.1. The molecule has 3 rings (SSSR count). The van der Waals surface area contributed by atoms with Gasteiger partial charge in [-0.15, -0.1) is 0 Å². The molecule has 20 heavy (non-hydrogen) atoms. The molecule has 1 fully saturated rings. The Kier molecular flexibility index (Phi) is 3.23. The Labute approximate surface area is 115 Å². The number of nitrogens with zero attached hydrogens (tertiary/aromatic N) is 1. The molecule has 1 aromatic carbocycles. The van der Waals surface area contributed by atoms with Gasteiger partial charge in [-0.3, -0.25) is 14.7 Å². The molecule has 0 radical (unpaired) electrons. The first-order valence-electron chi connectivity index (χ1n) is 6.66. The van der Waals surface area contributed by atoms with Gasteiger partial charge < -0.3 is 11.1 Å². The predicted octanol–water partition coefficient (Wildman–Crippen LogP) is 0.248. The molecule has 0 saturated heterocycles. The number of fused-ring (bicyclic) bond motifs is 1. The number of hydrogen-bond donors (Lipinski definition) is 3. The molecule has 4 N–H and O–H groups in total. The van der Waals surface area contributed by atoms with E-state index in [-0.39, 0.29) is 11.1 Å². The third-order valence-corrected chi connectivity index (χ3v) is 3.79. The van der Waals surface area contributed by atoms with Gasteiger partial charge in [0.15, 0.2) is 5.69 Å². The molecule has 0 bridgehead atoms. The van der Waals surface area contributed by atoms with Crippen LogP contribution in [0, 0.1) is 11.8 Å². The van der Waals surface area contributed by atoms with Crippen molar-refractivity contribution < 1.29 is 4.79 Å². The molecule has 6 nitrogen and oxygen atoms in total. The molecule has 0 aliphatic heterocycles. The topological polar surface area (TPSA) is 101 Å². The summed E-state index contributed by atoms with van der Waals surface area (Å²) in [7, 11) is 0. The van der Waals surface area contributed by atoms with E-state index in [1.54, 1.807) is 24.3 Å². The maximum Gasteiger partial charge on any atom is 0.275 e. The summed E-state index contributed by atoms with van der Waals surface area (Å²) in [4.78, 5) is 24.2. The molecule has 0 spiro atoms. The van der Waals surface area contributed by atoms with Crippen molar-refractivity contribution in [1.29, 1.82) is 0 Å². The number of amides is 1. The number of H-pyrrole nitrogens is 1. The number of rotatable bonds is 4. The van der Waals surface area contributed by atoms with Crippen molar-refractivity contribution in [3.63, 3.8) is 0 Å². The van der Waals surface area contributed by atoms with E-state index in [2.05, 4.69) is 15.5 Å². The molecule has 104 valence electrons. The van der Waals surface area contributed by atoms with Crippen LogP contribution in [-0.4, -0.2) is 29.2 Å². The third-order valence-electron chi connectivity index (χ3n) is 3.79. The summed E-state index contributed by atoms with van der Waals surface area (Å²) >= 11 is 0. The van der Waals surface area contributed by atoms with Gasteiger partial charge in [-0.1, -0.05) is 12.1 Å². The van der Waals surface area contributed by atoms with E-state index in [9.17, 15) is 9.59 Å². The van der Waals surface area contributed by atoms with Crippen LogP contribution < -0.4 is 16.5 Å². The molecule has 1 heterocycles. The summed E-state index contributed by atoms with van der Waals surface area (Å²) in [6, 6.07) is 6.99. The Morgan fingerprint density at radius 1 is 1.40 bits per heavy atom. The van der Waals surface area contributed by atoms with Crippen molar-refractivity contribution in [1.82, 2.24) is 15.5 Å². The van der Waals surface area contributed by atoms with Gasteiger partial charge in [0.25, 0.3) is 5.91 Å². The molecule has 1 aliphatic rings. The van der Waals surface area contributed by atoms with Gasteiger partial charge in [0, 0.05) is 11.9 Å². The monoisotopic (exact) mass is 272 g/mol. The molecule has 1 amide bonds. The minimum atomic E-state index is -0.431. The smallest absolute Gasteiger partial charge is 0.275 e. The zero-order valence-corrected chi connectivity index (χ0v) is 10.9. The van der Waals surface area contributed by atoms with E-state index in [1.165, 1.54) is 0 Å². The fourth-order valence-electron chi connectivity index (χ4n) is 2.38. The fourth-order valence-corrected chi connectivity index (χ4v) is 2.38. The van der Waals surface area contributed by atoms with Crippen LogP contribution in [0.25, 0.3) is 10.9 Å². The van der Waals surface area contributed by atoms with Gasteiger partial charge in [-0.05, 0) is 36.9 Å². The van der Waals surface area contributed by atoms with Crippen molar-refractivity contribution in [2.24, 2.45) is 17.6 Å². The van der Waals surface area contributed by atoms with E-state index in [0.29, 0.717) is 35.8 Å². The lowest BCUT2D eigenvalue weighted by molar-refractivity contribution is 0.0944. The van der Waals surface area contributed by atoms with Crippen molar-refractivity contribution >= 4 is 16.8 Å². The average Bonchev–Trinajstić information content (AvgIpc) is 3.24. The molecule has 2 aromatic rings. The highest BCUT2D eigenvalue weighted by molar-refractivity contribution is 5.95. The second kappa shape index (κ2) is 5.05. The number of hydrogen-bond acceptors (Lipinski definition) is 4. The number of para-hydroxylation sites is 1. The molecule has 1 aliphatic carbocycles. The molecular formula is C14H16N4O2. The minimum Gasteiger partial charge on any atom is -0.350 e. The number of nitrogens with one attached hydrogen (secondary N) is 2. The Balaban J connectivity index is 1.78. The minimum absolute atomic E-state index is 0.0892. The Morgan fingerprint density at radius 2 is 2.20 bits per heavy atom. The summed E-state index contributed by atoms with van der Waals surface area (Å²) in [5.41, 5.74) is 5.74. The lowest BCUT2D eigenvalue weighted by Crippen LogP contribution is -2.32. The predicted molar refractivity (Wildman–Crippen MR) is 75.3 cm³/mol. The van der Waals surface area contributed by atoms with E-state index >= 15 is 0 Å². The first kappa shape index (κ1) is 12.8. The standard InChI is InChI=1S/C14H16N4O2/c15-6-8-5-9(8)7-16-14(20)12-13(19)10-3-1-2-4-11(10)17-18-12/h1-4,8-9H,5-7,15H2,(H,16,20)(H,17,19). The fraction of sp³-hybridized carbons (Fsp3) is 0.357. The Hall–Kier alpha value is -2.21. The van der Waals surface area contributed by atoms with Crippen LogP contribution in [-0.2, 0) is 0 Å². The molecule has 6 heteroatoms. The maximum atomic E-state index is 12.2. The second-order valence-corrected chi connectivity index (χ2v) is 5.15. The molecule has 2 unspecified atom stereocenters. The summed E-state index contributed by atoms with van der Waals surface area (Å²) < 4.78 is 0. The Morgan fingerprint density at radius 3 is 2.95 bits per heavy atom. The lowest BCUT2D eigenvalue weighted by Gasteiger charge is -2.04. The number of benzene rings is 1. The van der Waals surface area contributed by atoms with Gasteiger partial charge in [0.05, 0.1) is 5.52 Å². The van der Waals surface area contributed by atoms with Gasteiger partial charge in [-0.2, -0.15) is 5.10 Å². The van der Waals surface area contributed by atoms with Gasteiger partial charge in [-0.25, -0.2) is 0 Å². The van der Waals surface area contributed by atoms with E-state index in [1.807, 2.05) is 0 Å². The van der Waals surface area contributed by atoms with Gasteiger partial charge in [0.2, 0.25) is 5.43 Å². The second-order valence-electron chi connectivity index (χ2n) is 5.15. The van der Waals surface area contributed by atoms with Crippen LogP contribution in [0.5, 0.6) is 0 Å². The van der Waals surface area contributed by atoms with Crippen LogP contribution in [0.4, 0.5) is 0 Å². The summed E-state index contributed by atoms with van der Waals surface area (Å²) in [6.45, 7) is 1.20. The maximum absolute atomic E-state index is 12.2. The van der Waals surface area contributed by atoms with E-state index < -0.39 is 5.91 Å². The molecule has 1 saturated carbocycles. The largest absolute Gasteiger partial charge is 0.350 e. The SMILES string of the molecule is NCC1CC1CNC(=O)c1n[nH]c2ccccc2c1=O. The van der Waals surface area contributed by atoms with Crippen molar-refractivity contribution in [3.05, 3.63) is 40.2 Å². The number of carbonyl (C=O) groups is 1.